The molecular weight excluding hydrogens is 232 g/mol. The monoisotopic (exact) mass is 248 g/mol. The number of hydrogen-bond donors (Lipinski definition) is 1. The molecule has 1 N–H and O–H groups in total. The molecule has 0 saturated carbocycles. The van der Waals surface area contributed by atoms with E-state index in [2.05, 4.69) is 0 Å². The van der Waals surface area contributed by atoms with E-state index in [9.17, 15) is 5.11 Å². The van der Waals surface area contributed by atoms with Gasteiger partial charge in [-0.1, -0.05) is 12.1 Å². The number of hydrogen-bond acceptors (Lipinski definition) is 3. The summed E-state index contributed by atoms with van der Waals surface area (Å²) in [6.07, 6.45) is -0.565. The van der Waals surface area contributed by atoms with Crippen LogP contribution in [0.15, 0.2) is 29.6 Å². The predicted molar refractivity (Wildman–Crippen MR) is 70.8 cm³/mol. The Morgan fingerprint density at radius 1 is 1.18 bits per heavy atom. The molecule has 0 radical (unpaired) electrons. The number of thiophene rings is 1. The van der Waals surface area contributed by atoms with Crippen molar-refractivity contribution in [2.24, 2.45) is 0 Å². The Balaban J connectivity index is 2.38. The zero-order valence-corrected chi connectivity index (χ0v) is 11.0. The maximum Gasteiger partial charge on any atom is 0.122 e. The number of rotatable bonds is 3. The fourth-order valence-electron chi connectivity index (χ4n) is 1.82. The first kappa shape index (κ1) is 12.1. The van der Waals surface area contributed by atoms with Gasteiger partial charge in [-0.25, -0.2) is 0 Å². The van der Waals surface area contributed by atoms with Crippen molar-refractivity contribution in [3.8, 4) is 5.75 Å². The highest BCUT2D eigenvalue weighted by atomic mass is 32.1. The zero-order chi connectivity index (χ0) is 12.4. The first-order chi connectivity index (χ1) is 8.13. The second-order valence-corrected chi connectivity index (χ2v) is 5.05. The summed E-state index contributed by atoms with van der Waals surface area (Å²) in [6.45, 7) is 4.01. The number of aliphatic hydroxyl groups excluding tert-OH is 1. The van der Waals surface area contributed by atoms with Gasteiger partial charge in [0.1, 0.15) is 11.9 Å². The summed E-state index contributed by atoms with van der Waals surface area (Å²) in [5.41, 5.74) is 3.08. The summed E-state index contributed by atoms with van der Waals surface area (Å²) in [5, 5.41) is 12.3. The minimum atomic E-state index is -0.565. The van der Waals surface area contributed by atoms with Crippen molar-refractivity contribution in [3.63, 3.8) is 0 Å². The van der Waals surface area contributed by atoms with Gasteiger partial charge in [0.15, 0.2) is 0 Å². The minimum absolute atomic E-state index is 0.565. The molecule has 1 atom stereocenters. The van der Waals surface area contributed by atoms with Gasteiger partial charge in [0.2, 0.25) is 0 Å². The van der Waals surface area contributed by atoms with Gasteiger partial charge in [0.05, 0.1) is 7.11 Å². The van der Waals surface area contributed by atoms with Crippen LogP contribution in [-0.2, 0) is 0 Å². The van der Waals surface area contributed by atoms with E-state index in [-0.39, 0.29) is 0 Å². The molecule has 3 heteroatoms. The summed E-state index contributed by atoms with van der Waals surface area (Å²) < 4.78 is 5.28. The lowest BCUT2D eigenvalue weighted by molar-refractivity contribution is 0.223. The molecule has 17 heavy (non-hydrogen) atoms. The third kappa shape index (κ3) is 2.35. The van der Waals surface area contributed by atoms with E-state index in [4.69, 9.17) is 4.74 Å². The molecule has 2 rings (SSSR count). The van der Waals surface area contributed by atoms with E-state index in [0.717, 1.165) is 27.3 Å². The number of aliphatic hydroxyl groups is 1. The molecule has 0 saturated heterocycles. The first-order valence-corrected chi connectivity index (χ1v) is 6.38. The third-order valence-electron chi connectivity index (χ3n) is 2.90. The SMILES string of the molecule is COc1cc(C(O)c2sccc2C)ccc1C. The zero-order valence-electron chi connectivity index (χ0n) is 10.2. The molecule has 90 valence electrons. The van der Waals surface area contributed by atoms with Crippen LogP contribution in [0.3, 0.4) is 0 Å². The van der Waals surface area contributed by atoms with Gasteiger partial charge < -0.3 is 9.84 Å². The van der Waals surface area contributed by atoms with Crippen LogP contribution < -0.4 is 4.74 Å². The van der Waals surface area contributed by atoms with Crippen LogP contribution >= 0.6 is 11.3 Å². The van der Waals surface area contributed by atoms with Gasteiger partial charge in [0, 0.05) is 4.88 Å². The van der Waals surface area contributed by atoms with E-state index in [0.29, 0.717) is 0 Å². The molecule has 0 bridgehead atoms. The van der Waals surface area contributed by atoms with Crippen molar-refractivity contribution in [3.05, 3.63) is 51.2 Å². The molecule has 2 nitrogen and oxygen atoms in total. The summed E-state index contributed by atoms with van der Waals surface area (Å²) >= 11 is 1.58. The molecule has 0 aliphatic rings. The standard InChI is InChI=1S/C14H16O2S/c1-9-4-5-11(8-12(9)16-3)13(15)14-10(2)6-7-17-14/h4-8,13,15H,1-3H3. The van der Waals surface area contributed by atoms with Crippen molar-refractivity contribution < 1.29 is 9.84 Å². The quantitative estimate of drug-likeness (QED) is 0.901. The first-order valence-electron chi connectivity index (χ1n) is 5.50. The Morgan fingerprint density at radius 2 is 1.94 bits per heavy atom. The average Bonchev–Trinajstić information content (AvgIpc) is 2.75. The Hall–Kier alpha value is -1.32. The number of aryl methyl sites for hydroxylation is 2. The molecule has 1 unspecified atom stereocenters. The highest BCUT2D eigenvalue weighted by Crippen LogP contribution is 2.31. The lowest BCUT2D eigenvalue weighted by atomic mass is 10.0. The van der Waals surface area contributed by atoms with Gasteiger partial charge >= 0.3 is 0 Å². The van der Waals surface area contributed by atoms with Crippen molar-refractivity contribution in [1.82, 2.24) is 0 Å². The van der Waals surface area contributed by atoms with Gasteiger partial charge in [-0.2, -0.15) is 0 Å². The highest BCUT2D eigenvalue weighted by Gasteiger charge is 2.15. The topological polar surface area (TPSA) is 29.5 Å². The Kier molecular flexibility index (Phi) is 3.50. The molecular formula is C14H16O2S. The smallest absolute Gasteiger partial charge is 0.122 e. The summed E-state index contributed by atoms with van der Waals surface area (Å²) in [4.78, 5) is 0.996. The molecule has 1 aromatic heterocycles. The molecule has 0 spiro atoms. The fraction of sp³-hybridized carbons (Fsp3) is 0.286. The van der Waals surface area contributed by atoms with Crippen LogP contribution in [0.5, 0.6) is 5.75 Å². The molecule has 1 heterocycles. The van der Waals surface area contributed by atoms with E-state index < -0.39 is 6.10 Å². The Morgan fingerprint density at radius 3 is 2.53 bits per heavy atom. The van der Waals surface area contributed by atoms with Crippen molar-refractivity contribution in [1.29, 1.82) is 0 Å². The van der Waals surface area contributed by atoms with E-state index >= 15 is 0 Å². The lowest BCUT2D eigenvalue weighted by Gasteiger charge is -2.13. The molecule has 0 aliphatic carbocycles. The summed E-state index contributed by atoms with van der Waals surface area (Å²) in [5.74, 6) is 0.816. The largest absolute Gasteiger partial charge is 0.496 e. The molecule has 0 aliphatic heterocycles. The van der Waals surface area contributed by atoms with Crippen molar-refractivity contribution >= 4 is 11.3 Å². The van der Waals surface area contributed by atoms with E-state index in [1.54, 1.807) is 18.4 Å². The number of ether oxygens (including phenoxy) is 1. The maximum absolute atomic E-state index is 10.3. The van der Waals surface area contributed by atoms with Gasteiger partial charge in [-0.05, 0) is 48.1 Å². The van der Waals surface area contributed by atoms with Crippen LogP contribution in [0.1, 0.15) is 27.7 Å². The predicted octanol–water partition coefficient (Wildman–Crippen LogP) is 3.46. The minimum Gasteiger partial charge on any atom is -0.496 e. The maximum atomic E-state index is 10.3. The van der Waals surface area contributed by atoms with Crippen LogP contribution in [0.4, 0.5) is 0 Å². The second kappa shape index (κ2) is 4.90. The Bertz CT molecular complexity index is 517. The van der Waals surface area contributed by atoms with Crippen molar-refractivity contribution in [2.75, 3.05) is 7.11 Å². The van der Waals surface area contributed by atoms with E-state index in [1.165, 1.54) is 0 Å². The molecule has 0 fully saturated rings. The number of methoxy groups -OCH3 is 1. The van der Waals surface area contributed by atoms with Crippen LogP contribution in [0.2, 0.25) is 0 Å². The van der Waals surface area contributed by atoms with Gasteiger partial charge in [-0.3, -0.25) is 0 Å². The molecule has 2 aromatic rings. The average molecular weight is 248 g/mol. The number of benzene rings is 1. The Labute approximate surface area is 105 Å². The molecule has 1 aromatic carbocycles. The van der Waals surface area contributed by atoms with Gasteiger partial charge in [0.25, 0.3) is 0 Å². The summed E-state index contributed by atoms with van der Waals surface area (Å²) in [7, 11) is 1.65. The van der Waals surface area contributed by atoms with E-state index in [1.807, 2.05) is 43.5 Å². The highest BCUT2D eigenvalue weighted by molar-refractivity contribution is 7.10. The van der Waals surface area contributed by atoms with Crippen molar-refractivity contribution in [2.45, 2.75) is 20.0 Å². The van der Waals surface area contributed by atoms with Gasteiger partial charge in [-0.15, -0.1) is 11.3 Å². The summed E-state index contributed by atoms with van der Waals surface area (Å²) in [6, 6.07) is 7.84. The third-order valence-corrected chi connectivity index (χ3v) is 3.97. The van der Waals surface area contributed by atoms with Crippen LogP contribution in [0.25, 0.3) is 0 Å². The lowest BCUT2D eigenvalue weighted by Crippen LogP contribution is -2.00. The van der Waals surface area contributed by atoms with Crippen LogP contribution in [-0.4, -0.2) is 12.2 Å². The fourth-order valence-corrected chi connectivity index (χ4v) is 2.76. The van der Waals surface area contributed by atoms with Crippen LogP contribution in [0, 0.1) is 13.8 Å². The second-order valence-electron chi connectivity index (χ2n) is 4.10. The normalized spacial score (nSPS) is 12.5. The molecule has 0 amide bonds.